The number of benzene rings is 1. The summed E-state index contributed by atoms with van der Waals surface area (Å²) >= 11 is 0. The van der Waals surface area contributed by atoms with Crippen molar-refractivity contribution < 1.29 is 9.50 Å². The number of halogens is 1. The molecule has 2 heteroatoms. The van der Waals surface area contributed by atoms with E-state index in [9.17, 15) is 9.50 Å². The summed E-state index contributed by atoms with van der Waals surface area (Å²) in [6.07, 6.45) is 2.90. The van der Waals surface area contributed by atoms with E-state index < -0.39 is 6.10 Å². The van der Waals surface area contributed by atoms with E-state index in [1.54, 1.807) is 6.07 Å². The lowest BCUT2D eigenvalue weighted by Gasteiger charge is -2.23. The first-order valence-corrected chi connectivity index (χ1v) is 6.03. The van der Waals surface area contributed by atoms with E-state index in [0.717, 1.165) is 17.5 Å². The predicted molar refractivity (Wildman–Crippen MR) is 62.6 cm³/mol. The van der Waals surface area contributed by atoms with Gasteiger partial charge in [-0.3, -0.25) is 0 Å². The van der Waals surface area contributed by atoms with Crippen LogP contribution in [0.3, 0.4) is 0 Å². The van der Waals surface area contributed by atoms with Crippen LogP contribution in [0.25, 0.3) is 0 Å². The Morgan fingerprint density at radius 1 is 1.38 bits per heavy atom. The van der Waals surface area contributed by atoms with Crippen molar-refractivity contribution in [1.29, 1.82) is 0 Å². The van der Waals surface area contributed by atoms with Gasteiger partial charge in [0.1, 0.15) is 5.82 Å². The molecule has 0 amide bonds. The van der Waals surface area contributed by atoms with Crippen LogP contribution in [0.2, 0.25) is 0 Å². The number of aliphatic hydroxyl groups is 1. The highest BCUT2D eigenvalue weighted by molar-refractivity contribution is 5.29. The summed E-state index contributed by atoms with van der Waals surface area (Å²) in [4.78, 5) is 0. The number of hydrogen-bond donors (Lipinski definition) is 1. The second kappa shape index (κ2) is 4.54. The fourth-order valence-corrected chi connectivity index (χ4v) is 2.80. The van der Waals surface area contributed by atoms with Gasteiger partial charge in [-0.05, 0) is 48.4 Å². The molecule has 1 aromatic carbocycles. The molecule has 0 spiro atoms. The lowest BCUT2D eigenvalue weighted by molar-refractivity contribution is 0.0892. The maximum atomic E-state index is 13.2. The van der Waals surface area contributed by atoms with Crippen LogP contribution in [-0.2, 0) is 0 Å². The van der Waals surface area contributed by atoms with Crippen LogP contribution >= 0.6 is 0 Å². The van der Waals surface area contributed by atoms with E-state index in [1.165, 1.54) is 25.0 Å². The minimum absolute atomic E-state index is 0.259. The van der Waals surface area contributed by atoms with Gasteiger partial charge in [0.15, 0.2) is 0 Å². The molecule has 88 valence electrons. The Morgan fingerprint density at radius 2 is 2.12 bits per heavy atom. The molecule has 0 radical (unpaired) electrons. The molecule has 1 saturated carbocycles. The van der Waals surface area contributed by atoms with E-state index in [1.807, 2.05) is 6.92 Å². The molecular weight excluding hydrogens is 203 g/mol. The van der Waals surface area contributed by atoms with Crippen molar-refractivity contribution in [3.8, 4) is 0 Å². The average molecular weight is 222 g/mol. The minimum Gasteiger partial charge on any atom is -0.388 e. The van der Waals surface area contributed by atoms with Crippen molar-refractivity contribution in [2.45, 2.75) is 39.2 Å². The highest BCUT2D eigenvalue weighted by Gasteiger charge is 2.31. The van der Waals surface area contributed by atoms with Crippen molar-refractivity contribution >= 4 is 0 Å². The standard InChI is InChI=1S/C14H19FO/c1-9-4-3-5-12(9)14(16)13-8-11(15)7-6-10(13)2/h6-9,12,14,16H,3-5H2,1-2H3. The van der Waals surface area contributed by atoms with Crippen LogP contribution in [0.1, 0.15) is 43.4 Å². The van der Waals surface area contributed by atoms with Gasteiger partial charge in [0.2, 0.25) is 0 Å². The zero-order chi connectivity index (χ0) is 11.7. The zero-order valence-corrected chi connectivity index (χ0v) is 9.91. The number of aryl methyl sites for hydroxylation is 1. The minimum atomic E-state index is -0.506. The Labute approximate surface area is 96.3 Å². The molecule has 0 aromatic heterocycles. The Bertz CT molecular complexity index is 375. The molecule has 1 nitrogen and oxygen atoms in total. The van der Waals surface area contributed by atoms with Gasteiger partial charge < -0.3 is 5.11 Å². The zero-order valence-electron chi connectivity index (χ0n) is 9.91. The summed E-state index contributed by atoms with van der Waals surface area (Å²) in [5.74, 6) is 0.573. The quantitative estimate of drug-likeness (QED) is 0.810. The molecule has 3 unspecified atom stereocenters. The van der Waals surface area contributed by atoms with Crippen molar-refractivity contribution in [2.75, 3.05) is 0 Å². The molecule has 2 rings (SSSR count). The van der Waals surface area contributed by atoms with Crippen LogP contribution in [0.4, 0.5) is 4.39 Å². The van der Waals surface area contributed by atoms with Gasteiger partial charge in [-0.1, -0.05) is 25.8 Å². The van der Waals surface area contributed by atoms with Gasteiger partial charge in [0.05, 0.1) is 6.10 Å². The molecular formula is C14H19FO. The second-order valence-corrected chi connectivity index (χ2v) is 5.02. The van der Waals surface area contributed by atoms with E-state index in [-0.39, 0.29) is 5.82 Å². The predicted octanol–water partition coefficient (Wildman–Crippen LogP) is 3.60. The maximum Gasteiger partial charge on any atom is 0.123 e. The third kappa shape index (κ3) is 2.12. The molecule has 0 saturated heterocycles. The van der Waals surface area contributed by atoms with E-state index in [0.29, 0.717) is 11.8 Å². The van der Waals surface area contributed by atoms with Gasteiger partial charge in [-0.25, -0.2) is 4.39 Å². The summed E-state index contributed by atoms with van der Waals surface area (Å²) in [6.45, 7) is 4.10. The Morgan fingerprint density at radius 3 is 2.75 bits per heavy atom. The summed E-state index contributed by atoms with van der Waals surface area (Å²) in [5.41, 5.74) is 1.74. The molecule has 1 N–H and O–H groups in total. The second-order valence-electron chi connectivity index (χ2n) is 5.02. The van der Waals surface area contributed by atoms with Crippen LogP contribution < -0.4 is 0 Å². The Balaban J connectivity index is 2.25. The van der Waals surface area contributed by atoms with Crippen LogP contribution in [0.5, 0.6) is 0 Å². The monoisotopic (exact) mass is 222 g/mol. The Hall–Kier alpha value is -0.890. The molecule has 16 heavy (non-hydrogen) atoms. The molecule has 3 atom stereocenters. The topological polar surface area (TPSA) is 20.2 Å². The average Bonchev–Trinajstić information content (AvgIpc) is 2.67. The third-order valence-electron chi connectivity index (χ3n) is 3.89. The van der Waals surface area contributed by atoms with E-state index in [2.05, 4.69) is 6.92 Å². The van der Waals surface area contributed by atoms with Crippen molar-refractivity contribution in [2.24, 2.45) is 11.8 Å². The highest BCUT2D eigenvalue weighted by atomic mass is 19.1. The van der Waals surface area contributed by atoms with Crippen LogP contribution in [-0.4, -0.2) is 5.11 Å². The first-order valence-electron chi connectivity index (χ1n) is 6.03. The van der Waals surface area contributed by atoms with E-state index in [4.69, 9.17) is 0 Å². The SMILES string of the molecule is Cc1ccc(F)cc1C(O)C1CCCC1C. The van der Waals surface area contributed by atoms with Crippen molar-refractivity contribution in [3.63, 3.8) is 0 Å². The molecule has 0 heterocycles. The number of hydrogen-bond acceptors (Lipinski definition) is 1. The van der Waals surface area contributed by atoms with Gasteiger partial charge in [-0.2, -0.15) is 0 Å². The van der Waals surface area contributed by atoms with Gasteiger partial charge in [0, 0.05) is 0 Å². The molecule has 1 fully saturated rings. The van der Waals surface area contributed by atoms with Crippen LogP contribution in [0.15, 0.2) is 18.2 Å². The fourth-order valence-electron chi connectivity index (χ4n) is 2.80. The van der Waals surface area contributed by atoms with Gasteiger partial charge >= 0.3 is 0 Å². The number of rotatable bonds is 2. The third-order valence-corrected chi connectivity index (χ3v) is 3.89. The fraction of sp³-hybridized carbons (Fsp3) is 0.571. The maximum absolute atomic E-state index is 13.2. The summed E-state index contributed by atoms with van der Waals surface area (Å²) in [7, 11) is 0. The highest BCUT2D eigenvalue weighted by Crippen LogP contribution is 2.40. The molecule has 0 bridgehead atoms. The first kappa shape index (κ1) is 11.6. The number of aliphatic hydroxyl groups excluding tert-OH is 1. The van der Waals surface area contributed by atoms with Gasteiger partial charge in [-0.15, -0.1) is 0 Å². The molecule has 1 aliphatic rings. The van der Waals surface area contributed by atoms with Crippen molar-refractivity contribution in [3.05, 3.63) is 35.1 Å². The molecule has 0 aliphatic heterocycles. The summed E-state index contributed by atoms with van der Waals surface area (Å²) in [5, 5.41) is 10.3. The largest absolute Gasteiger partial charge is 0.388 e. The smallest absolute Gasteiger partial charge is 0.123 e. The Kier molecular flexibility index (Phi) is 3.29. The summed E-state index contributed by atoms with van der Waals surface area (Å²) < 4.78 is 13.2. The first-order chi connectivity index (χ1) is 7.59. The molecule has 1 aliphatic carbocycles. The molecule has 1 aromatic rings. The lowest BCUT2D eigenvalue weighted by Crippen LogP contribution is -2.16. The normalized spacial score (nSPS) is 27.0. The van der Waals surface area contributed by atoms with Crippen molar-refractivity contribution in [1.82, 2.24) is 0 Å². The summed E-state index contributed by atoms with van der Waals surface area (Å²) in [6, 6.07) is 4.67. The lowest BCUT2D eigenvalue weighted by atomic mass is 9.86. The van der Waals surface area contributed by atoms with Gasteiger partial charge in [0.25, 0.3) is 0 Å². The van der Waals surface area contributed by atoms with E-state index >= 15 is 0 Å². The van der Waals surface area contributed by atoms with Crippen LogP contribution in [0, 0.1) is 24.6 Å².